The zero-order valence-corrected chi connectivity index (χ0v) is 9.29. The van der Waals surface area contributed by atoms with Gasteiger partial charge in [-0.1, -0.05) is 0 Å². The summed E-state index contributed by atoms with van der Waals surface area (Å²) in [5, 5.41) is 9.14. The largest absolute Gasteiger partial charge is 0.466 e. The maximum atomic E-state index is 11.0. The first kappa shape index (κ1) is 13.2. The highest BCUT2D eigenvalue weighted by Gasteiger charge is 2.33. The van der Waals surface area contributed by atoms with Gasteiger partial charge in [-0.15, -0.1) is 0 Å². The van der Waals surface area contributed by atoms with E-state index in [0.29, 0.717) is 0 Å². The van der Waals surface area contributed by atoms with Gasteiger partial charge < -0.3 is 19.5 Å². The molecule has 1 fully saturated rings. The van der Waals surface area contributed by atoms with Gasteiger partial charge in [0, 0.05) is 12.2 Å². The van der Waals surface area contributed by atoms with E-state index in [4.69, 9.17) is 9.84 Å². The monoisotopic (exact) mass is 243 g/mol. The molecule has 7 heteroatoms. The van der Waals surface area contributed by atoms with E-state index < -0.39 is 18.2 Å². The minimum absolute atomic E-state index is 0.0346. The Balaban J connectivity index is 2.18. The Hall–Kier alpha value is -1.89. The number of carbonyl (C=O) groups excluding carboxylic acids is 3. The van der Waals surface area contributed by atoms with Crippen molar-refractivity contribution >= 4 is 17.8 Å². The maximum Gasteiger partial charge on any atom is 0.331 e. The molecule has 1 saturated heterocycles. The molecule has 1 heterocycles. The second kappa shape index (κ2) is 6.00. The second-order valence-electron chi connectivity index (χ2n) is 3.30. The summed E-state index contributed by atoms with van der Waals surface area (Å²) in [6.45, 7) is 0.102. The zero-order valence-electron chi connectivity index (χ0n) is 9.29. The number of aliphatic hydroxyl groups excluding tert-OH is 1. The third kappa shape index (κ3) is 3.87. The molecule has 1 amide bonds. The molecule has 17 heavy (non-hydrogen) atoms. The van der Waals surface area contributed by atoms with Crippen LogP contribution < -0.4 is 0 Å². The Morgan fingerprint density at radius 3 is 2.65 bits per heavy atom. The number of methoxy groups -OCH3 is 1. The fourth-order valence-corrected chi connectivity index (χ4v) is 1.21. The van der Waals surface area contributed by atoms with Crippen molar-refractivity contribution in [3.63, 3.8) is 0 Å². The maximum absolute atomic E-state index is 11.0. The lowest BCUT2D eigenvalue weighted by Crippen LogP contribution is -2.53. The molecule has 0 aliphatic carbocycles. The van der Waals surface area contributed by atoms with Crippen LogP contribution in [0.4, 0.5) is 0 Å². The number of β-lactam (4-membered cyclic amide) rings is 1. The number of amides is 1. The SMILES string of the molecule is COC(=O)/C=C/C(=O)OCCN1C(=O)CC1O. The van der Waals surface area contributed by atoms with E-state index in [-0.39, 0.29) is 25.5 Å². The van der Waals surface area contributed by atoms with Gasteiger partial charge >= 0.3 is 11.9 Å². The summed E-state index contributed by atoms with van der Waals surface area (Å²) in [7, 11) is 1.19. The Morgan fingerprint density at radius 1 is 1.47 bits per heavy atom. The third-order valence-corrected chi connectivity index (χ3v) is 2.17. The van der Waals surface area contributed by atoms with E-state index in [1.54, 1.807) is 0 Å². The van der Waals surface area contributed by atoms with Crippen LogP contribution in [0.5, 0.6) is 0 Å². The molecule has 0 saturated carbocycles. The average molecular weight is 243 g/mol. The fraction of sp³-hybridized carbons (Fsp3) is 0.500. The minimum Gasteiger partial charge on any atom is -0.466 e. The second-order valence-corrected chi connectivity index (χ2v) is 3.30. The number of carbonyl (C=O) groups is 3. The van der Waals surface area contributed by atoms with Gasteiger partial charge in [0.2, 0.25) is 5.91 Å². The Labute approximate surface area is 97.6 Å². The van der Waals surface area contributed by atoms with Gasteiger partial charge in [-0.3, -0.25) is 4.79 Å². The molecule has 1 rings (SSSR count). The van der Waals surface area contributed by atoms with Crippen LogP contribution in [0.15, 0.2) is 12.2 Å². The minimum atomic E-state index is -0.785. The summed E-state index contributed by atoms with van der Waals surface area (Å²) in [5.41, 5.74) is 0. The Kier molecular flexibility index (Phi) is 4.65. The predicted octanol–water partition coefficient (Wildman–Crippen LogP) is -1.19. The molecule has 0 spiro atoms. The fourth-order valence-electron chi connectivity index (χ4n) is 1.21. The summed E-state index contributed by atoms with van der Waals surface area (Å²) in [6, 6.07) is 0. The zero-order chi connectivity index (χ0) is 12.8. The van der Waals surface area contributed by atoms with Crippen molar-refractivity contribution in [3.05, 3.63) is 12.2 Å². The van der Waals surface area contributed by atoms with E-state index >= 15 is 0 Å². The number of nitrogens with zero attached hydrogens (tertiary/aromatic N) is 1. The van der Waals surface area contributed by atoms with Gasteiger partial charge in [-0.25, -0.2) is 9.59 Å². The van der Waals surface area contributed by atoms with Crippen molar-refractivity contribution in [3.8, 4) is 0 Å². The van der Waals surface area contributed by atoms with Crippen molar-refractivity contribution in [2.45, 2.75) is 12.6 Å². The van der Waals surface area contributed by atoms with Crippen LogP contribution in [-0.4, -0.2) is 54.3 Å². The number of aliphatic hydroxyl groups is 1. The van der Waals surface area contributed by atoms with Gasteiger partial charge in [0.1, 0.15) is 12.8 Å². The van der Waals surface area contributed by atoms with Gasteiger partial charge in [0.15, 0.2) is 0 Å². The van der Waals surface area contributed by atoms with Crippen LogP contribution in [0.25, 0.3) is 0 Å². The number of rotatable bonds is 5. The first-order chi connectivity index (χ1) is 8.04. The van der Waals surface area contributed by atoms with Gasteiger partial charge in [-0.2, -0.15) is 0 Å². The first-order valence-electron chi connectivity index (χ1n) is 4.95. The summed E-state index contributed by atoms with van der Waals surface area (Å²) in [4.78, 5) is 33.8. The number of likely N-dealkylation sites (tertiary alicyclic amines) is 1. The molecule has 7 nitrogen and oxygen atoms in total. The lowest BCUT2D eigenvalue weighted by atomic mass is 10.2. The highest BCUT2D eigenvalue weighted by molar-refractivity contribution is 5.91. The van der Waals surface area contributed by atoms with Crippen molar-refractivity contribution in [1.82, 2.24) is 4.90 Å². The molecule has 1 N–H and O–H groups in total. The number of hydrogen-bond acceptors (Lipinski definition) is 6. The molecule has 94 valence electrons. The van der Waals surface area contributed by atoms with Crippen molar-refractivity contribution in [1.29, 1.82) is 0 Å². The van der Waals surface area contributed by atoms with Crippen LogP contribution in [0.1, 0.15) is 6.42 Å². The van der Waals surface area contributed by atoms with Crippen molar-refractivity contribution < 1.29 is 29.0 Å². The topological polar surface area (TPSA) is 93.1 Å². The smallest absolute Gasteiger partial charge is 0.331 e. The molecule has 0 aromatic heterocycles. The highest BCUT2D eigenvalue weighted by Crippen LogP contribution is 2.15. The lowest BCUT2D eigenvalue weighted by molar-refractivity contribution is -0.167. The summed E-state index contributed by atoms with van der Waals surface area (Å²) < 4.78 is 8.98. The van der Waals surface area contributed by atoms with Crippen molar-refractivity contribution in [2.75, 3.05) is 20.3 Å². The van der Waals surface area contributed by atoms with E-state index in [1.807, 2.05) is 0 Å². The molecule has 1 aliphatic heterocycles. The van der Waals surface area contributed by atoms with Crippen LogP contribution in [0, 0.1) is 0 Å². The normalized spacial score (nSPS) is 19.1. The predicted molar refractivity (Wildman–Crippen MR) is 54.5 cm³/mol. The molecular weight excluding hydrogens is 230 g/mol. The van der Waals surface area contributed by atoms with Crippen molar-refractivity contribution in [2.24, 2.45) is 0 Å². The first-order valence-corrected chi connectivity index (χ1v) is 4.95. The number of esters is 2. The van der Waals surface area contributed by atoms with Crippen LogP contribution in [-0.2, 0) is 23.9 Å². The standard InChI is InChI=1S/C10H13NO6/c1-16-9(14)2-3-10(15)17-5-4-11-7(12)6-8(11)13/h2-3,7,12H,4-6H2,1H3/b3-2+. The molecule has 1 unspecified atom stereocenters. The molecular formula is C10H13NO6. The lowest BCUT2D eigenvalue weighted by Gasteiger charge is -2.36. The highest BCUT2D eigenvalue weighted by atomic mass is 16.5. The van der Waals surface area contributed by atoms with E-state index in [9.17, 15) is 14.4 Å². The van der Waals surface area contributed by atoms with Gasteiger partial charge in [0.05, 0.1) is 20.1 Å². The molecule has 0 aromatic carbocycles. The van der Waals surface area contributed by atoms with E-state index in [2.05, 4.69) is 4.74 Å². The molecule has 1 atom stereocenters. The van der Waals surface area contributed by atoms with Gasteiger partial charge in [0.25, 0.3) is 0 Å². The number of hydrogen-bond donors (Lipinski definition) is 1. The van der Waals surface area contributed by atoms with Crippen LogP contribution in [0.2, 0.25) is 0 Å². The third-order valence-electron chi connectivity index (χ3n) is 2.17. The van der Waals surface area contributed by atoms with Gasteiger partial charge in [-0.05, 0) is 0 Å². The number of ether oxygens (including phenoxy) is 2. The molecule has 0 aromatic rings. The Morgan fingerprint density at radius 2 is 2.12 bits per heavy atom. The van der Waals surface area contributed by atoms with E-state index in [1.165, 1.54) is 12.0 Å². The Bertz CT molecular complexity index is 351. The summed E-state index contributed by atoms with van der Waals surface area (Å²) in [6.07, 6.45) is 1.19. The quantitative estimate of drug-likeness (QED) is 0.371. The van der Waals surface area contributed by atoms with Crippen LogP contribution >= 0.6 is 0 Å². The molecule has 1 aliphatic rings. The van der Waals surface area contributed by atoms with E-state index in [0.717, 1.165) is 12.2 Å². The summed E-state index contributed by atoms with van der Waals surface area (Å²) in [5.74, 6) is -1.55. The molecule has 0 bridgehead atoms. The summed E-state index contributed by atoms with van der Waals surface area (Å²) >= 11 is 0. The molecule has 0 radical (unpaired) electrons. The van der Waals surface area contributed by atoms with Crippen LogP contribution in [0.3, 0.4) is 0 Å². The average Bonchev–Trinajstić information content (AvgIpc) is 2.31.